The second kappa shape index (κ2) is 5.79. The highest BCUT2D eigenvalue weighted by atomic mass is 35.5. The van der Waals surface area contributed by atoms with E-state index in [4.69, 9.17) is 36.3 Å². The largest absolute Gasteiger partial charge is 0.402 e. The van der Waals surface area contributed by atoms with Crippen LogP contribution in [0.15, 0.2) is 18.2 Å². The summed E-state index contributed by atoms with van der Waals surface area (Å²) in [6, 6.07) is 5.56. The van der Waals surface area contributed by atoms with Crippen molar-refractivity contribution in [1.29, 1.82) is 0 Å². The first-order valence-corrected chi connectivity index (χ1v) is 10.2. The molecule has 4 atom stereocenters. The molecule has 25 heavy (non-hydrogen) atoms. The van der Waals surface area contributed by atoms with E-state index in [-0.39, 0.29) is 18.6 Å². The maximum atomic E-state index is 12.3. The van der Waals surface area contributed by atoms with Gasteiger partial charge in [0.2, 0.25) is 0 Å². The molecule has 0 N–H and O–H groups in total. The van der Waals surface area contributed by atoms with Crippen molar-refractivity contribution >= 4 is 33.6 Å². The number of methoxy groups -OCH3 is 1. The van der Waals surface area contributed by atoms with E-state index < -0.39 is 21.7 Å². The highest BCUT2D eigenvalue weighted by molar-refractivity contribution is 7.82. The normalized spacial score (nSPS) is 39.5. The number of piperidine rings is 1. The van der Waals surface area contributed by atoms with Crippen molar-refractivity contribution in [1.82, 2.24) is 4.90 Å². The fourth-order valence-corrected chi connectivity index (χ4v) is 6.48. The van der Waals surface area contributed by atoms with Crippen molar-refractivity contribution in [3.8, 4) is 0 Å². The van der Waals surface area contributed by atoms with Crippen LogP contribution in [0.25, 0.3) is 0 Å². The van der Waals surface area contributed by atoms with Crippen LogP contribution in [0.4, 0.5) is 0 Å². The molecule has 3 heterocycles. The summed E-state index contributed by atoms with van der Waals surface area (Å²) in [5, 5.41) is 0.877. The third-order valence-electron chi connectivity index (χ3n) is 5.86. The zero-order chi connectivity index (χ0) is 18.0. The van der Waals surface area contributed by atoms with E-state index in [1.807, 2.05) is 18.0 Å². The summed E-state index contributed by atoms with van der Waals surface area (Å²) in [7, 11) is -0.708. The number of nitrogens with zero attached hydrogens (tertiary/aromatic N) is 1. The van der Waals surface area contributed by atoms with E-state index in [9.17, 15) is 8.42 Å². The van der Waals surface area contributed by atoms with Gasteiger partial charge in [-0.25, -0.2) is 8.37 Å². The monoisotopic (exact) mass is 407 g/mol. The van der Waals surface area contributed by atoms with Gasteiger partial charge < -0.3 is 4.74 Å². The lowest BCUT2D eigenvalue weighted by Crippen LogP contribution is -2.67. The molecule has 1 aromatic rings. The number of likely N-dealkylation sites (N-methyl/N-ethyl adjacent to an activating group) is 1. The molecule has 0 aromatic heterocycles. The minimum atomic E-state index is -4.13. The molecular formula is C16H19Cl2NO5S. The predicted octanol–water partition coefficient (Wildman–Crippen LogP) is 2.95. The minimum Gasteiger partial charge on any atom is -0.381 e. The van der Waals surface area contributed by atoms with E-state index in [1.54, 1.807) is 12.1 Å². The fourth-order valence-electron chi connectivity index (χ4n) is 4.80. The molecule has 1 aromatic carbocycles. The van der Waals surface area contributed by atoms with Crippen LogP contribution in [0.1, 0.15) is 30.7 Å². The Hall–Kier alpha value is -0.410. The molecule has 0 saturated carbocycles. The number of hydrogen-bond acceptors (Lipinski definition) is 6. The Morgan fingerprint density at radius 3 is 2.76 bits per heavy atom. The number of fused-ring (bicyclic) bond motifs is 1. The Balaban J connectivity index is 1.91. The molecule has 3 aliphatic heterocycles. The molecule has 3 fully saturated rings. The van der Waals surface area contributed by atoms with Crippen molar-refractivity contribution < 1.29 is 21.5 Å². The maximum Gasteiger partial charge on any atom is 0.402 e. The Bertz CT molecular complexity index is 819. The van der Waals surface area contributed by atoms with Crippen LogP contribution in [-0.2, 0) is 23.5 Å². The molecule has 3 aliphatic rings. The van der Waals surface area contributed by atoms with Gasteiger partial charge in [-0.1, -0.05) is 29.3 Å². The molecule has 3 saturated heterocycles. The van der Waals surface area contributed by atoms with Crippen molar-refractivity contribution in [2.75, 3.05) is 20.8 Å². The average Bonchev–Trinajstić information content (AvgIpc) is 2.92. The first-order valence-electron chi connectivity index (χ1n) is 8.08. The molecule has 9 heteroatoms. The van der Waals surface area contributed by atoms with Gasteiger partial charge in [-0.05, 0) is 44.0 Å². The molecular weight excluding hydrogens is 389 g/mol. The van der Waals surface area contributed by atoms with E-state index in [2.05, 4.69) is 0 Å². The highest BCUT2D eigenvalue weighted by Crippen LogP contribution is 2.61. The van der Waals surface area contributed by atoms with Gasteiger partial charge in [0.25, 0.3) is 0 Å². The fraction of sp³-hybridized carbons (Fsp3) is 0.625. The summed E-state index contributed by atoms with van der Waals surface area (Å²) >= 11 is 12.3. The lowest BCUT2D eigenvalue weighted by molar-refractivity contribution is -0.192. The Morgan fingerprint density at radius 1 is 1.32 bits per heavy atom. The second-order valence-electron chi connectivity index (χ2n) is 6.95. The summed E-state index contributed by atoms with van der Waals surface area (Å²) in [6.45, 7) is 0.0915. The molecule has 0 radical (unpaired) electrons. The number of halogens is 2. The van der Waals surface area contributed by atoms with Crippen molar-refractivity contribution in [2.24, 2.45) is 0 Å². The van der Waals surface area contributed by atoms with Crippen LogP contribution in [0, 0.1) is 0 Å². The lowest BCUT2D eigenvalue weighted by Gasteiger charge is -2.52. The SMILES string of the molecule is COC[C@@]12OS(=O)(=O)O[C@]13CCC(C[C@H]2c1ccc(Cl)c(Cl)c1)N3C. The third-order valence-corrected chi connectivity index (χ3v) is 7.58. The van der Waals surface area contributed by atoms with E-state index >= 15 is 0 Å². The summed E-state index contributed by atoms with van der Waals surface area (Å²) in [6.07, 6.45) is 2.12. The highest BCUT2D eigenvalue weighted by Gasteiger charge is 2.75. The summed E-state index contributed by atoms with van der Waals surface area (Å²) in [5.74, 6) is -0.247. The zero-order valence-corrected chi connectivity index (χ0v) is 16.2. The molecule has 1 unspecified atom stereocenters. The summed E-state index contributed by atoms with van der Waals surface area (Å²) in [4.78, 5) is 1.99. The minimum absolute atomic E-state index is 0.0915. The molecule has 0 aliphatic carbocycles. The molecule has 1 spiro atoms. The number of hydrogen-bond donors (Lipinski definition) is 0. The van der Waals surface area contributed by atoms with Crippen LogP contribution >= 0.6 is 23.2 Å². The van der Waals surface area contributed by atoms with Crippen LogP contribution < -0.4 is 0 Å². The number of rotatable bonds is 3. The zero-order valence-electron chi connectivity index (χ0n) is 13.9. The van der Waals surface area contributed by atoms with Gasteiger partial charge in [0, 0.05) is 19.1 Å². The van der Waals surface area contributed by atoms with Gasteiger partial charge in [0.1, 0.15) is 0 Å². The topological polar surface area (TPSA) is 65.1 Å². The van der Waals surface area contributed by atoms with Crippen molar-refractivity contribution in [3.63, 3.8) is 0 Å². The van der Waals surface area contributed by atoms with Crippen LogP contribution in [-0.4, -0.2) is 51.4 Å². The second-order valence-corrected chi connectivity index (χ2v) is 8.91. The van der Waals surface area contributed by atoms with Crippen LogP contribution in [0.3, 0.4) is 0 Å². The van der Waals surface area contributed by atoms with Crippen molar-refractivity contribution in [3.05, 3.63) is 33.8 Å². The first-order chi connectivity index (χ1) is 11.7. The standard InChI is InChI=1S/C16H19Cl2NO5S/c1-19-11-5-6-16(19)15(9-22-2,23-25(20,21)24-16)12(8-11)10-3-4-13(17)14(18)7-10/h3-4,7,11-12H,5-6,8-9H2,1-2H3/t11?,12-,15-,16+/m0/s1. The summed E-state index contributed by atoms with van der Waals surface area (Å²) in [5.41, 5.74) is -1.36. The third kappa shape index (κ3) is 2.41. The first kappa shape index (κ1) is 18.0. The van der Waals surface area contributed by atoms with Gasteiger partial charge in [0.05, 0.1) is 16.7 Å². The Kier molecular flexibility index (Phi) is 4.16. The van der Waals surface area contributed by atoms with Crippen molar-refractivity contribution in [2.45, 2.75) is 42.5 Å². The van der Waals surface area contributed by atoms with Gasteiger partial charge in [-0.3, -0.25) is 4.90 Å². The van der Waals surface area contributed by atoms with Gasteiger partial charge in [-0.2, -0.15) is 8.42 Å². The van der Waals surface area contributed by atoms with E-state index in [0.717, 1.165) is 18.4 Å². The Labute approximate surface area is 157 Å². The van der Waals surface area contributed by atoms with Gasteiger partial charge in [-0.15, -0.1) is 0 Å². The number of benzene rings is 1. The van der Waals surface area contributed by atoms with Crippen LogP contribution in [0.2, 0.25) is 10.0 Å². The number of ether oxygens (including phenoxy) is 1. The predicted molar refractivity (Wildman–Crippen MR) is 93.0 cm³/mol. The van der Waals surface area contributed by atoms with Gasteiger partial charge >= 0.3 is 10.4 Å². The molecule has 6 nitrogen and oxygen atoms in total. The smallest absolute Gasteiger partial charge is 0.381 e. The average molecular weight is 408 g/mol. The van der Waals surface area contributed by atoms with E-state index in [1.165, 1.54) is 7.11 Å². The Morgan fingerprint density at radius 2 is 2.08 bits per heavy atom. The lowest BCUT2D eigenvalue weighted by atomic mass is 9.71. The molecule has 138 valence electrons. The molecule has 2 bridgehead atoms. The van der Waals surface area contributed by atoms with Gasteiger partial charge in [0.15, 0.2) is 11.3 Å². The summed E-state index contributed by atoms with van der Waals surface area (Å²) < 4.78 is 41.2. The molecule has 4 rings (SSSR count). The quantitative estimate of drug-likeness (QED) is 0.767. The molecule has 0 amide bonds. The maximum absolute atomic E-state index is 12.3. The van der Waals surface area contributed by atoms with Crippen LogP contribution in [0.5, 0.6) is 0 Å². The van der Waals surface area contributed by atoms with E-state index in [0.29, 0.717) is 16.5 Å².